The molecule has 4 heteroatoms. The maximum Gasteiger partial charge on any atom is 0.140 e. The van der Waals surface area contributed by atoms with Crippen LogP contribution in [0.15, 0.2) is 66.7 Å². The Balaban J connectivity index is 1.94. The van der Waals surface area contributed by atoms with Crippen molar-refractivity contribution in [3.63, 3.8) is 0 Å². The highest BCUT2D eigenvalue weighted by Gasteiger charge is 2.14. The molecule has 25 heavy (non-hydrogen) atoms. The number of halogens is 2. The van der Waals surface area contributed by atoms with Crippen LogP contribution in [0, 0.1) is 0 Å². The van der Waals surface area contributed by atoms with Gasteiger partial charge < -0.3 is 4.98 Å². The summed E-state index contributed by atoms with van der Waals surface area (Å²) in [4.78, 5) is 8.34. The number of nitrogens with zero attached hydrogens (tertiary/aromatic N) is 1. The number of aromatic nitrogens is 2. The molecule has 4 aromatic carbocycles. The summed E-state index contributed by atoms with van der Waals surface area (Å²) in [6.07, 6.45) is 0. The molecule has 0 atom stereocenters. The van der Waals surface area contributed by atoms with E-state index in [4.69, 9.17) is 28.2 Å². The zero-order chi connectivity index (χ0) is 17.0. The van der Waals surface area contributed by atoms with Gasteiger partial charge in [0.15, 0.2) is 0 Å². The molecule has 0 aliphatic heterocycles. The van der Waals surface area contributed by atoms with E-state index in [1.54, 1.807) is 6.07 Å². The molecule has 0 saturated heterocycles. The monoisotopic (exact) mass is 362 g/mol. The Labute approximate surface area is 154 Å². The Bertz CT molecular complexity index is 1200. The van der Waals surface area contributed by atoms with Gasteiger partial charge in [-0.05, 0) is 29.0 Å². The van der Waals surface area contributed by atoms with Crippen LogP contribution in [0.3, 0.4) is 0 Å². The highest BCUT2D eigenvalue weighted by molar-refractivity contribution is 6.36. The molecule has 0 unspecified atom stereocenters. The van der Waals surface area contributed by atoms with Crippen LogP contribution >= 0.6 is 23.2 Å². The van der Waals surface area contributed by atoms with Crippen LogP contribution in [0.5, 0.6) is 0 Å². The van der Waals surface area contributed by atoms with Gasteiger partial charge in [-0.15, -0.1) is 0 Å². The molecule has 5 aromatic rings. The molecule has 1 aromatic heterocycles. The van der Waals surface area contributed by atoms with Crippen LogP contribution < -0.4 is 0 Å². The molecule has 120 valence electrons. The van der Waals surface area contributed by atoms with E-state index in [1.165, 1.54) is 10.8 Å². The van der Waals surface area contributed by atoms with Gasteiger partial charge >= 0.3 is 0 Å². The lowest BCUT2D eigenvalue weighted by Gasteiger charge is -2.05. The molecule has 0 saturated carbocycles. The van der Waals surface area contributed by atoms with Gasteiger partial charge in [0.2, 0.25) is 0 Å². The Morgan fingerprint density at radius 1 is 0.720 bits per heavy atom. The first kappa shape index (κ1) is 14.8. The van der Waals surface area contributed by atoms with E-state index in [-0.39, 0.29) is 0 Å². The number of aromatic amines is 1. The minimum Gasteiger partial charge on any atom is -0.337 e. The summed E-state index contributed by atoms with van der Waals surface area (Å²) < 4.78 is 0. The molecule has 5 rings (SSSR count). The van der Waals surface area contributed by atoms with Crippen molar-refractivity contribution in [3.8, 4) is 11.4 Å². The van der Waals surface area contributed by atoms with E-state index in [9.17, 15) is 0 Å². The maximum absolute atomic E-state index is 6.38. The molecular formula is C21H12Cl2N2. The topological polar surface area (TPSA) is 28.7 Å². The third-order valence-corrected chi connectivity index (χ3v) is 5.11. The SMILES string of the molecule is Clc1ccc(-c2nc3c4ccccc4c4ccccc4c3[nH]2)c(Cl)c1. The number of hydrogen-bond acceptors (Lipinski definition) is 1. The fourth-order valence-corrected chi connectivity index (χ4v) is 3.93. The van der Waals surface area contributed by atoms with Gasteiger partial charge in [-0.3, -0.25) is 0 Å². The van der Waals surface area contributed by atoms with Gasteiger partial charge in [0.05, 0.1) is 16.1 Å². The summed E-state index contributed by atoms with van der Waals surface area (Å²) in [5, 5.41) is 5.89. The third kappa shape index (κ3) is 2.22. The summed E-state index contributed by atoms with van der Waals surface area (Å²) >= 11 is 12.4. The van der Waals surface area contributed by atoms with Crippen molar-refractivity contribution < 1.29 is 0 Å². The highest BCUT2D eigenvalue weighted by atomic mass is 35.5. The fourth-order valence-electron chi connectivity index (χ4n) is 3.43. The van der Waals surface area contributed by atoms with Crippen LogP contribution in [0.1, 0.15) is 0 Å². The number of H-pyrrole nitrogens is 1. The number of benzene rings is 4. The first-order valence-electron chi connectivity index (χ1n) is 7.97. The molecule has 2 nitrogen and oxygen atoms in total. The Morgan fingerprint density at radius 2 is 1.36 bits per heavy atom. The molecule has 0 radical (unpaired) electrons. The molecule has 0 spiro atoms. The van der Waals surface area contributed by atoms with Gasteiger partial charge in [0, 0.05) is 21.4 Å². The number of hydrogen-bond donors (Lipinski definition) is 1. The van der Waals surface area contributed by atoms with Crippen LogP contribution in [0.4, 0.5) is 0 Å². The van der Waals surface area contributed by atoms with Crippen molar-refractivity contribution in [1.29, 1.82) is 0 Å². The standard InChI is InChI=1S/C21H12Cl2N2/c22-12-9-10-17(18(23)11-12)21-24-19-15-7-3-1-5-13(15)14-6-2-4-8-16(14)20(19)25-21/h1-11H,(H,24,25). The smallest absolute Gasteiger partial charge is 0.140 e. The second kappa shape index (κ2) is 5.48. The van der Waals surface area contributed by atoms with Crippen molar-refractivity contribution in [2.75, 3.05) is 0 Å². The van der Waals surface area contributed by atoms with Crippen molar-refractivity contribution in [2.24, 2.45) is 0 Å². The zero-order valence-electron chi connectivity index (χ0n) is 13.1. The Kier molecular flexibility index (Phi) is 3.24. The molecule has 0 aliphatic carbocycles. The van der Waals surface area contributed by atoms with Crippen LogP contribution in [-0.2, 0) is 0 Å². The van der Waals surface area contributed by atoms with E-state index in [2.05, 4.69) is 41.4 Å². The van der Waals surface area contributed by atoms with Crippen LogP contribution in [0.2, 0.25) is 10.0 Å². The first-order chi connectivity index (χ1) is 12.2. The summed E-state index contributed by atoms with van der Waals surface area (Å²) in [6, 6.07) is 22.2. The van der Waals surface area contributed by atoms with Gasteiger partial charge in [-0.1, -0.05) is 71.7 Å². The first-order valence-corrected chi connectivity index (χ1v) is 8.72. The zero-order valence-corrected chi connectivity index (χ0v) is 14.6. The lowest BCUT2D eigenvalue weighted by molar-refractivity contribution is 1.34. The van der Waals surface area contributed by atoms with E-state index >= 15 is 0 Å². The van der Waals surface area contributed by atoms with Crippen molar-refractivity contribution in [2.45, 2.75) is 0 Å². The van der Waals surface area contributed by atoms with E-state index in [0.29, 0.717) is 10.0 Å². The summed E-state index contributed by atoms with van der Waals surface area (Å²) in [6.45, 7) is 0. The Morgan fingerprint density at radius 3 is 2.08 bits per heavy atom. The van der Waals surface area contributed by atoms with Crippen molar-refractivity contribution in [1.82, 2.24) is 9.97 Å². The number of fused-ring (bicyclic) bond motifs is 6. The van der Waals surface area contributed by atoms with Gasteiger partial charge in [0.1, 0.15) is 5.82 Å². The summed E-state index contributed by atoms with van der Waals surface area (Å²) in [7, 11) is 0. The largest absolute Gasteiger partial charge is 0.337 e. The minimum absolute atomic E-state index is 0.583. The maximum atomic E-state index is 6.38. The van der Waals surface area contributed by atoms with Gasteiger partial charge in [0.25, 0.3) is 0 Å². The normalized spacial score (nSPS) is 11.6. The van der Waals surface area contributed by atoms with Gasteiger partial charge in [-0.25, -0.2) is 4.98 Å². The number of nitrogens with one attached hydrogen (secondary N) is 1. The van der Waals surface area contributed by atoms with E-state index < -0.39 is 0 Å². The lowest BCUT2D eigenvalue weighted by Crippen LogP contribution is -1.81. The molecule has 0 bridgehead atoms. The van der Waals surface area contributed by atoms with E-state index in [1.807, 2.05) is 24.3 Å². The average Bonchev–Trinajstić information content (AvgIpc) is 3.07. The molecular weight excluding hydrogens is 351 g/mol. The van der Waals surface area contributed by atoms with Crippen molar-refractivity contribution >= 4 is 55.8 Å². The predicted octanol–water partition coefficient (Wildman–Crippen LogP) is 6.84. The van der Waals surface area contributed by atoms with Crippen LogP contribution in [-0.4, -0.2) is 9.97 Å². The summed E-state index contributed by atoms with van der Waals surface area (Å²) in [5.74, 6) is 0.748. The fraction of sp³-hybridized carbons (Fsp3) is 0. The minimum atomic E-state index is 0.583. The summed E-state index contributed by atoms with van der Waals surface area (Å²) in [5.41, 5.74) is 2.82. The molecule has 0 fully saturated rings. The average molecular weight is 363 g/mol. The van der Waals surface area contributed by atoms with Gasteiger partial charge in [-0.2, -0.15) is 0 Å². The predicted molar refractivity (Wildman–Crippen MR) is 107 cm³/mol. The number of imidazole rings is 1. The third-order valence-electron chi connectivity index (χ3n) is 4.56. The molecule has 0 amide bonds. The molecule has 1 N–H and O–H groups in total. The second-order valence-corrected chi connectivity index (χ2v) is 6.87. The second-order valence-electron chi connectivity index (χ2n) is 6.02. The van der Waals surface area contributed by atoms with Crippen molar-refractivity contribution in [3.05, 3.63) is 76.8 Å². The molecule has 0 aliphatic rings. The van der Waals surface area contributed by atoms with E-state index in [0.717, 1.165) is 33.2 Å². The number of rotatable bonds is 1. The van der Waals surface area contributed by atoms with Crippen LogP contribution in [0.25, 0.3) is 44.0 Å². The molecule has 1 heterocycles. The highest BCUT2D eigenvalue weighted by Crippen LogP contribution is 2.36. The lowest BCUT2D eigenvalue weighted by atomic mass is 10.0. The Hall–Kier alpha value is -2.55. The quantitative estimate of drug-likeness (QED) is 0.324.